The van der Waals surface area contributed by atoms with Gasteiger partial charge < -0.3 is 23.8 Å². The predicted molar refractivity (Wildman–Crippen MR) is 179 cm³/mol. The highest BCUT2D eigenvalue weighted by Crippen LogP contribution is 2.34. The second kappa shape index (κ2) is 14.6. The van der Waals surface area contributed by atoms with Crippen LogP contribution in [0.2, 0.25) is 0 Å². The molecule has 4 aromatic rings. The maximum Gasteiger partial charge on any atom is 0.249 e. The number of rotatable bonds is 13. The average Bonchev–Trinajstić information content (AvgIpc) is 3.44. The van der Waals surface area contributed by atoms with Crippen molar-refractivity contribution in [2.24, 2.45) is 0 Å². The molecule has 0 radical (unpaired) electrons. The molecule has 2 heterocycles. The third kappa shape index (κ3) is 7.36. The maximum absolute atomic E-state index is 14.1. The van der Waals surface area contributed by atoms with Crippen molar-refractivity contribution in [1.82, 2.24) is 18.7 Å². The Morgan fingerprint density at radius 2 is 1.54 bits per heavy atom. The van der Waals surface area contributed by atoms with Gasteiger partial charge in [-0.3, -0.25) is 4.79 Å². The van der Waals surface area contributed by atoms with Crippen LogP contribution in [0.1, 0.15) is 39.7 Å². The molecule has 0 spiro atoms. The third-order valence-electron chi connectivity index (χ3n) is 8.35. The molecule has 46 heavy (non-hydrogen) atoms. The second-order valence-electron chi connectivity index (χ2n) is 12.0. The van der Waals surface area contributed by atoms with Gasteiger partial charge in [0.25, 0.3) is 0 Å². The molecule has 1 atom stereocenters. The fourth-order valence-corrected chi connectivity index (χ4v) is 8.12. The zero-order valence-electron chi connectivity index (χ0n) is 27.3. The van der Waals surface area contributed by atoms with Crippen LogP contribution in [0.25, 0.3) is 0 Å². The standard InChI is InChI=1S/C36H44N4O5S/c1-27-22-32(44-5)23-28(2)36(27)46(42,43)38(24-29-12-8-6-9-13-29)20-21-45-26-34(41)40-19-18-39-31(25-37(3)4)16-17-33(39)35(40)30-14-10-7-11-15-30/h6-17,22-23,35H,18-21,24-26H2,1-5H3. The van der Waals surface area contributed by atoms with Gasteiger partial charge in [0.2, 0.25) is 15.9 Å². The Labute approximate surface area is 273 Å². The Balaban J connectivity index is 1.32. The summed E-state index contributed by atoms with van der Waals surface area (Å²) in [6.45, 7) is 5.82. The van der Waals surface area contributed by atoms with E-state index < -0.39 is 10.0 Å². The van der Waals surface area contributed by atoms with Crippen LogP contribution in [0.15, 0.2) is 89.8 Å². The van der Waals surface area contributed by atoms with Gasteiger partial charge >= 0.3 is 0 Å². The highest BCUT2D eigenvalue weighted by atomic mass is 32.2. The summed E-state index contributed by atoms with van der Waals surface area (Å²) in [6, 6.07) is 27.0. The Kier molecular flexibility index (Phi) is 10.6. The summed E-state index contributed by atoms with van der Waals surface area (Å²) in [5.41, 5.74) is 5.42. The molecule has 10 heteroatoms. The summed E-state index contributed by atoms with van der Waals surface area (Å²) < 4.78 is 43.2. The molecule has 5 rings (SSSR count). The van der Waals surface area contributed by atoms with E-state index in [1.807, 2.05) is 53.4 Å². The average molecular weight is 645 g/mol. The van der Waals surface area contributed by atoms with Crippen LogP contribution >= 0.6 is 0 Å². The normalized spacial score (nSPS) is 14.9. The van der Waals surface area contributed by atoms with Gasteiger partial charge in [-0.2, -0.15) is 4.31 Å². The molecule has 1 unspecified atom stereocenters. The minimum Gasteiger partial charge on any atom is -0.497 e. The summed E-state index contributed by atoms with van der Waals surface area (Å²) >= 11 is 0. The first kappa shape index (κ1) is 33.4. The summed E-state index contributed by atoms with van der Waals surface area (Å²) in [6.07, 6.45) is 0. The molecule has 0 N–H and O–H groups in total. The van der Waals surface area contributed by atoms with Gasteiger partial charge in [-0.1, -0.05) is 60.7 Å². The molecule has 3 aromatic carbocycles. The van der Waals surface area contributed by atoms with Crippen molar-refractivity contribution < 1.29 is 22.7 Å². The number of methoxy groups -OCH3 is 1. The number of carbonyl (C=O) groups is 1. The van der Waals surface area contributed by atoms with Gasteiger partial charge in [0, 0.05) is 44.1 Å². The van der Waals surface area contributed by atoms with Crippen LogP contribution in [0.3, 0.4) is 0 Å². The van der Waals surface area contributed by atoms with Gasteiger partial charge in [-0.25, -0.2) is 8.42 Å². The number of hydrogen-bond acceptors (Lipinski definition) is 6. The molecular weight excluding hydrogens is 600 g/mol. The Bertz CT molecular complexity index is 1720. The van der Waals surface area contributed by atoms with Crippen molar-refractivity contribution >= 4 is 15.9 Å². The van der Waals surface area contributed by atoms with E-state index >= 15 is 0 Å². The first-order valence-electron chi connectivity index (χ1n) is 15.5. The zero-order valence-corrected chi connectivity index (χ0v) is 28.2. The van der Waals surface area contributed by atoms with E-state index in [-0.39, 0.29) is 43.1 Å². The third-order valence-corrected chi connectivity index (χ3v) is 10.5. The Morgan fingerprint density at radius 1 is 0.891 bits per heavy atom. The van der Waals surface area contributed by atoms with Gasteiger partial charge in [-0.05, 0) is 74.5 Å². The lowest BCUT2D eigenvalue weighted by Gasteiger charge is -2.38. The van der Waals surface area contributed by atoms with E-state index in [4.69, 9.17) is 9.47 Å². The number of carbonyl (C=O) groups excluding carboxylic acids is 1. The van der Waals surface area contributed by atoms with Crippen LogP contribution in [0, 0.1) is 13.8 Å². The van der Waals surface area contributed by atoms with Crippen LogP contribution in [0.4, 0.5) is 0 Å². The van der Waals surface area contributed by atoms with E-state index in [0.717, 1.165) is 23.4 Å². The summed E-state index contributed by atoms with van der Waals surface area (Å²) in [5.74, 6) is 0.480. The van der Waals surface area contributed by atoms with E-state index in [2.05, 4.69) is 47.8 Å². The summed E-state index contributed by atoms with van der Waals surface area (Å²) in [4.78, 5) is 18.0. The number of aromatic nitrogens is 1. The molecule has 0 bridgehead atoms. The number of aryl methyl sites for hydroxylation is 2. The molecule has 1 aromatic heterocycles. The predicted octanol–water partition coefficient (Wildman–Crippen LogP) is 5.01. The quantitative estimate of drug-likeness (QED) is 0.190. The highest BCUT2D eigenvalue weighted by molar-refractivity contribution is 7.89. The van der Waals surface area contributed by atoms with Crippen LogP contribution in [0.5, 0.6) is 5.75 Å². The van der Waals surface area contributed by atoms with Gasteiger partial charge in [0.1, 0.15) is 12.4 Å². The monoisotopic (exact) mass is 644 g/mol. The molecule has 0 saturated heterocycles. The number of fused-ring (bicyclic) bond motifs is 1. The molecule has 0 aliphatic carbocycles. The van der Waals surface area contributed by atoms with Crippen molar-refractivity contribution in [2.75, 3.05) is 47.5 Å². The number of benzene rings is 3. The molecule has 1 aliphatic rings. The van der Waals surface area contributed by atoms with E-state index in [1.54, 1.807) is 33.1 Å². The number of ether oxygens (including phenoxy) is 2. The maximum atomic E-state index is 14.1. The van der Waals surface area contributed by atoms with Gasteiger partial charge in [0.15, 0.2) is 0 Å². The largest absolute Gasteiger partial charge is 0.497 e. The molecule has 0 saturated carbocycles. The topological polar surface area (TPSA) is 84.3 Å². The van der Waals surface area contributed by atoms with E-state index in [9.17, 15) is 13.2 Å². The molecular formula is C36H44N4O5S. The zero-order chi connectivity index (χ0) is 32.8. The highest BCUT2D eigenvalue weighted by Gasteiger charge is 2.34. The van der Waals surface area contributed by atoms with Crippen LogP contribution in [-0.4, -0.2) is 80.5 Å². The Hall–Kier alpha value is -3.96. The molecule has 1 amide bonds. The van der Waals surface area contributed by atoms with E-state index in [0.29, 0.717) is 30.0 Å². The first-order valence-corrected chi connectivity index (χ1v) is 17.0. The van der Waals surface area contributed by atoms with Crippen LogP contribution in [-0.2, 0) is 39.2 Å². The molecule has 0 fully saturated rings. The van der Waals surface area contributed by atoms with Crippen molar-refractivity contribution in [1.29, 1.82) is 0 Å². The van der Waals surface area contributed by atoms with Crippen LogP contribution < -0.4 is 4.74 Å². The minimum absolute atomic E-state index is 0.0687. The summed E-state index contributed by atoms with van der Waals surface area (Å²) in [7, 11) is 1.77. The van der Waals surface area contributed by atoms with Crippen molar-refractivity contribution in [3.05, 3.63) is 119 Å². The number of hydrogen-bond donors (Lipinski definition) is 0. The Morgan fingerprint density at radius 3 is 2.17 bits per heavy atom. The van der Waals surface area contributed by atoms with Crippen molar-refractivity contribution in [3.63, 3.8) is 0 Å². The number of sulfonamides is 1. The smallest absolute Gasteiger partial charge is 0.249 e. The lowest BCUT2D eigenvalue weighted by atomic mass is 10.00. The van der Waals surface area contributed by atoms with Crippen molar-refractivity contribution in [3.8, 4) is 5.75 Å². The van der Waals surface area contributed by atoms with Gasteiger partial charge in [0.05, 0.1) is 24.7 Å². The molecule has 244 valence electrons. The molecule has 9 nitrogen and oxygen atoms in total. The first-order chi connectivity index (χ1) is 22.1. The van der Waals surface area contributed by atoms with Crippen molar-refractivity contribution in [2.45, 2.75) is 44.4 Å². The fourth-order valence-electron chi connectivity index (χ4n) is 6.30. The lowest BCUT2D eigenvalue weighted by molar-refractivity contribution is -0.139. The number of nitrogens with zero attached hydrogens (tertiary/aromatic N) is 4. The summed E-state index contributed by atoms with van der Waals surface area (Å²) in [5, 5.41) is 0. The van der Waals surface area contributed by atoms with Gasteiger partial charge in [-0.15, -0.1) is 0 Å². The fraction of sp³-hybridized carbons (Fsp3) is 0.361. The number of amides is 1. The van der Waals surface area contributed by atoms with E-state index in [1.165, 1.54) is 10.00 Å². The lowest BCUT2D eigenvalue weighted by Crippen LogP contribution is -2.44. The second-order valence-corrected chi connectivity index (χ2v) is 13.9. The molecule has 1 aliphatic heterocycles. The SMILES string of the molecule is COc1cc(C)c(S(=O)(=O)N(CCOCC(=O)N2CCn3c(CN(C)C)ccc3C2c2ccccc2)Cc2ccccc2)c(C)c1. The minimum atomic E-state index is -3.90.